The van der Waals surface area contributed by atoms with Gasteiger partial charge in [-0.15, -0.1) is 11.3 Å². The predicted octanol–water partition coefficient (Wildman–Crippen LogP) is 4.13. The molecule has 0 unspecified atom stereocenters. The fourth-order valence-electron chi connectivity index (χ4n) is 1.26. The fourth-order valence-corrected chi connectivity index (χ4v) is 2.19. The highest BCUT2D eigenvalue weighted by atomic mass is 35.5. The summed E-state index contributed by atoms with van der Waals surface area (Å²) in [7, 11) is 1.61. The number of thiazole rings is 1. The van der Waals surface area contributed by atoms with E-state index >= 15 is 0 Å². The van der Waals surface area contributed by atoms with E-state index < -0.39 is 0 Å². The lowest BCUT2D eigenvalue weighted by Gasteiger charge is -2.05. The summed E-state index contributed by atoms with van der Waals surface area (Å²) in [4.78, 5) is 4.18. The molecule has 2 nitrogen and oxygen atoms in total. The molecule has 0 saturated carbocycles. The zero-order chi connectivity index (χ0) is 10.8. The van der Waals surface area contributed by atoms with Crippen LogP contribution in [0.25, 0.3) is 11.3 Å². The van der Waals surface area contributed by atoms with Crippen molar-refractivity contribution in [2.45, 2.75) is 0 Å². The lowest BCUT2D eigenvalue weighted by atomic mass is 10.1. The van der Waals surface area contributed by atoms with Gasteiger partial charge in [0.15, 0.2) is 4.47 Å². The summed E-state index contributed by atoms with van der Waals surface area (Å²) < 4.78 is 5.73. The molecule has 1 aromatic carbocycles. The lowest BCUT2D eigenvalue weighted by Crippen LogP contribution is -1.87. The second-order valence-corrected chi connectivity index (χ2v) is 4.71. The van der Waals surface area contributed by atoms with Crippen LogP contribution in [-0.2, 0) is 0 Å². The first-order chi connectivity index (χ1) is 7.20. The summed E-state index contributed by atoms with van der Waals surface area (Å²) in [5, 5.41) is 2.52. The van der Waals surface area contributed by atoms with Crippen LogP contribution >= 0.6 is 34.5 Å². The molecule has 5 heteroatoms. The van der Waals surface area contributed by atoms with Gasteiger partial charge in [-0.25, -0.2) is 4.98 Å². The van der Waals surface area contributed by atoms with Gasteiger partial charge < -0.3 is 4.74 Å². The summed E-state index contributed by atoms with van der Waals surface area (Å²) in [6.45, 7) is 0. The Labute approximate surface area is 101 Å². The molecular weight excluding hydrogens is 253 g/mol. The van der Waals surface area contributed by atoms with Gasteiger partial charge in [0.25, 0.3) is 0 Å². The van der Waals surface area contributed by atoms with E-state index in [9.17, 15) is 0 Å². The molecule has 1 heterocycles. The van der Waals surface area contributed by atoms with Gasteiger partial charge in [-0.05, 0) is 18.2 Å². The van der Waals surface area contributed by atoms with Crippen molar-refractivity contribution in [1.82, 2.24) is 4.98 Å². The summed E-state index contributed by atoms with van der Waals surface area (Å²) in [5.41, 5.74) is 1.64. The van der Waals surface area contributed by atoms with Crippen molar-refractivity contribution in [3.8, 4) is 17.0 Å². The molecule has 78 valence electrons. The van der Waals surface area contributed by atoms with Crippen LogP contribution in [-0.4, -0.2) is 12.1 Å². The predicted molar refractivity (Wildman–Crippen MR) is 64.1 cm³/mol. The number of hydrogen-bond donors (Lipinski definition) is 0. The second kappa shape index (κ2) is 4.39. The molecule has 0 aliphatic carbocycles. The Morgan fingerprint density at radius 1 is 1.33 bits per heavy atom. The molecule has 0 bridgehead atoms. The Morgan fingerprint density at radius 3 is 2.73 bits per heavy atom. The Kier molecular flexibility index (Phi) is 3.14. The highest BCUT2D eigenvalue weighted by Gasteiger charge is 2.09. The smallest absolute Gasteiger partial charge is 0.184 e. The van der Waals surface area contributed by atoms with Crippen molar-refractivity contribution in [3.05, 3.63) is 33.1 Å². The molecule has 0 saturated heterocycles. The maximum atomic E-state index is 5.92. The molecule has 15 heavy (non-hydrogen) atoms. The average Bonchev–Trinajstić information content (AvgIpc) is 2.65. The van der Waals surface area contributed by atoms with Crippen LogP contribution in [0.4, 0.5) is 0 Å². The molecule has 0 fully saturated rings. The minimum atomic E-state index is 0.507. The standard InChI is InChI=1S/C10H7Cl2NOS/c1-14-9-3-2-6(11)4-7(9)8-5-15-10(12)13-8/h2-5H,1H3. The number of aromatic nitrogens is 1. The van der Waals surface area contributed by atoms with Gasteiger partial charge in [-0.2, -0.15) is 0 Å². The summed E-state index contributed by atoms with van der Waals surface area (Å²) in [6, 6.07) is 5.40. The highest BCUT2D eigenvalue weighted by molar-refractivity contribution is 7.14. The molecule has 0 aliphatic heterocycles. The van der Waals surface area contributed by atoms with Gasteiger partial charge in [0.1, 0.15) is 5.75 Å². The summed E-state index contributed by atoms with van der Waals surface area (Å²) in [5.74, 6) is 0.737. The summed E-state index contributed by atoms with van der Waals surface area (Å²) >= 11 is 13.1. The molecule has 2 rings (SSSR count). The van der Waals surface area contributed by atoms with Gasteiger partial charge >= 0.3 is 0 Å². The number of nitrogens with zero attached hydrogens (tertiary/aromatic N) is 1. The van der Waals surface area contributed by atoms with Gasteiger partial charge in [-0.3, -0.25) is 0 Å². The molecule has 0 N–H and O–H groups in total. The minimum absolute atomic E-state index is 0.507. The van der Waals surface area contributed by atoms with E-state index in [0.29, 0.717) is 9.49 Å². The normalized spacial score (nSPS) is 10.3. The first kappa shape index (κ1) is 10.7. The molecule has 0 amide bonds. The first-order valence-electron chi connectivity index (χ1n) is 4.15. The van der Waals surface area contributed by atoms with Crippen LogP contribution in [0.3, 0.4) is 0 Å². The van der Waals surface area contributed by atoms with Crippen molar-refractivity contribution in [2.24, 2.45) is 0 Å². The first-order valence-corrected chi connectivity index (χ1v) is 5.79. The molecule has 2 aromatic rings. The van der Waals surface area contributed by atoms with Crippen LogP contribution in [0.2, 0.25) is 9.49 Å². The number of hydrogen-bond acceptors (Lipinski definition) is 3. The molecule has 0 aliphatic rings. The van der Waals surface area contributed by atoms with Crippen LogP contribution < -0.4 is 4.74 Å². The van der Waals surface area contributed by atoms with E-state index in [1.165, 1.54) is 11.3 Å². The third kappa shape index (κ3) is 2.25. The van der Waals surface area contributed by atoms with Crippen LogP contribution in [0.15, 0.2) is 23.6 Å². The Bertz CT molecular complexity index is 484. The number of ether oxygens (including phenoxy) is 1. The maximum Gasteiger partial charge on any atom is 0.184 e. The zero-order valence-electron chi connectivity index (χ0n) is 7.83. The maximum absolute atomic E-state index is 5.92. The lowest BCUT2D eigenvalue weighted by molar-refractivity contribution is 0.416. The second-order valence-electron chi connectivity index (χ2n) is 2.83. The average molecular weight is 260 g/mol. The summed E-state index contributed by atoms with van der Waals surface area (Å²) in [6.07, 6.45) is 0. The van der Waals surface area contributed by atoms with Gasteiger partial charge in [0.05, 0.1) is 12.8 Å². The van der Waals surface area contributed by atoms with E-state index in [4.69, 9.17) is 27.9 Å². The molecular formula is C10H7Cl2NOS. The van der Waals surface area contributed by atoms with E-state index in [0.717, 1.165) is 17.0 Å². The van der Waals surface area contributed by atoms with Crippen LogP contribution in [0.5, 0.6) is 5.75 Å². The number of methoxy groups -OCH3 is 1. The largest absolute Gasteiger partial charge is 0.496 e. The number of rotatable bonds is 2. The van der Waals surface area contributed by atoms with E-state index in [-0.39, 0.29) is 0 Å². The van der Waals surface area contributed by atoms with Gasteiger partial charge in [-0.1, -0.05) is 23.2 Å². The van der Waals surface area contributed by atoms with E-state index in [1.807, 2.05) is 17.5 Å². The van der Waals surface area contributed by atoms with Gasteiger partial charge in [0, 0.05) is 16.0 Å². The van der Waals surface area contributed by atoms with Crippen molar-refractivity contribution in [1.29, 1.82) is 0 Å². The molecule has 0 atom stereocenters. The topological polar surface area (TPSA) is 22.1 Å². The third-order valence-electron chi connectivity index (χ3n) is 1.91. The Morgan fingerprint density at radius 2 is 2.13 bits per heavy atom. The third-order valence-corrected chi connectivity index (χ3v) is 3.13. The van der Waals surface area contributed by atoms with Crippen LogP contribution in [0.1, 0.15) is 0 Å². The fraction of sp³-hybridized carbons (Fsp3) is 0.100. The Balaban J connectivity index is 2.55. The zero-order valence-corrected chi connectivity index (χ0v) is 10.2. The SMILES string of the molecule is COc1ccc(Cl)cc1-c1csc(Cl)n1. The van der Waals surface area contributed by atoms with Crippen LogP contribution in [0, 0.1) is 0 Å². The number of halogens is 2. The molecule has 0 spiro atoms. The molecule has 0 radical (unpaired) electrons. The monoisotopic (exact) mass is 259 g/mol. The molecule has 1 aromatic heterocycles. The van der Waals surface area contributed by atoms with Crippen molar-refractivity contribution in [3.63, 3.8) is 0 Å². The quantitative estimate of drug-likeness (QED) is 0.810. The highest BCUT2D eigenvalue weighted by Crippen LogP contribution is 2.33. The minimum Gasteiger partial charge on any atom is -0.496 e. The van der Waals surface area contributed by atoms with Crippen molar-refractivity contribution < 1.29 is 4.74 Å². The van der Waals surface area contributed by atoms with Crippen molar-refractivity contribution >= 4 is 34.5 Å². The van der Waals surface area contributed by atoms with Crippen molar-refractivity contribution in [2.75, 3.05) is 7.11 Å². The van der Waals surface area contributed by atoms with Gasteiger partial charge in [0.2, 0.25) is 0 Å². The van der Waals surface area contributed by atoms with E-state index in [2.05, 4.69) is 4.98 Å². The van der Waals surface area contributed by atoms with E-state index in [1.54, 1.807) is 13.2 Å². The Hall–Kier alpha value is -0.770. The number of benzene rings is 1.